The number of aliphatic hydroxyl groups is 1. The fourth-order valence-corrected chi connectivity index (χ4v) is 2.01. The molecule has 0 saturated carbocycles. The molecule has 1 aliphatic heterocycles. The van der Waals surface area contributed by atoms with Crippen molar-refractivity contribution in [3.8, 4) is 0 Å². The summed E-state index contributed by atoms with van der Waals surface area (Å²) in [5, 5.41) is 13.3. The zero-order chi connectivity index (χ0) is 12.9. The molecule has 0 aliphatic carbocycles. The molecule has 1 atom stereocenters. The maximum atomic E-state index is 11.4. The highest BCUT2D eigenvalue weighted by molar-refractivity contribution is 6.03. The molecule has 1 heterocycles. The summed E-state index contributed by atoms with van der Waals surface area (Å²) in [5.41, 5.74) is -2.19. The van der Waals surface area contributed by atoms with Crippen LogP contribution >= 0.6 is 0 Å². The van der Waals surface area contributed by atoms with Crippen LogP contribution in [-0.4, -0.2) is 49.5 Å². The van der Waals surface area contributed by atoms with Crippen molar-refractivity contribution in [2.24, 2.45) is 0 Å². The maximum Gasteiger partial charge on any atom is 0.349 e. The predicted octanol–water partition coefficient (Wildman–Crippen LogP) is -0.404. The molecule has 0 aromatic carbocycles. The van der Waals surface area contributed by atoms with Gasteiger partial charge < -0.3 is 19.9 Å². The van der Waals surface area contributed by atoms with Gasteiger partial charge in [-0.15, -0.1) is 0 Å². The zero-order valence-corrected chi connectivity index (χ0v) is 10.2. The third kappa shape index (κ3) is 3.17. The maximum absolute atomic E-state index is 11.4. The number of nitrogens with one attached hydrogen (secondary N) is 1. The number of methoxy groups -OCH3 is 2. The average Bonchev–Trinajstić information content (AvgIpc) is 2.86. The molecule has 1 unspecified atom stereocenters. The van der Waals surface area contributed by atoms with Gasteiger partial charge in [-0.25, -0.2) is 9.59 Å². The second kappa shape index (κ2) is 5.97. The molecule has 2 N–H and O–H groups in total. The Balaban J connectivity index is 2.62. The lowest BCUT2D eigenvalue weighted by Gasteiger charge is -2.23. The van der Waals surface area contributed by atoms with Crippen LogP contribution in [0.2, 0.25) is 0 Å². The third-order valence-corrected chi connectivity index (χ3v) is 3.06. The lowest BCUT2D eigenvalue weighted by Crippen LogP contribution is -2.49. The van der Waals surface area contributed by atoms with E-state index in [1.807, 2.05) is 0 Å². The van der Waals surface area contributed by atoms with E-state index in [4.69, 9.17) is 0 Å². The first-order chi connectivity index (χ1) is 8.04. The lowest BCUT2D eigenvalue weighted by molar-refractivity contribution is -0.181. The van der Waals surface area contributed by atoms with Gasteiger partial charge in [-0.2, -0.15) is 0 Å². The third-order valence-electron chi connectivity index (χ3n) is 3.06. The van der Waals surface area contributed by atoms with Gasteiger partial charge in [0.15, 0.2) is 0 Å². The van der Waals surface area contributed by atoms with Crippen LogP contribution in [0, 0.1) is 0 Å². The molecule has 1 fully saturated rings. The molecule has 0 aromatic rings. The van der Waals surface area contributed by atoms with E-state index < -0.39 is 17.5 Å². The normalized spacial score (nSPS) is 20.1. The summed E-state index contributed by atoms with van der Waals surface area (Å²) in [6.45, 7) is 0.930. The van der Waals surface area contributed by atoms with Crippen molar-refractivity contribution in [1.29, 1.82) is 0 Å². The molecule has 0 spiro atoms. The first-order valence-electron chi connectivity index (χ1n) is 5.67. The summed E-state index contributed by atoms with van der Waals surface area (Å²) in [4.78, 5) is 22.9. The second-order valence-corrected chi connectivity index (χ2v) is 4.18. The Morgan fingerprint density at radius 2 is 1.94 bits per heavy atom. The average molecular weight is 245 g/mol. The molecular weight excluding hydrogens is 226 g/mol. The summed E-state index contributed by atoms with van der Waals surface area (Å²) in [5.74, 6) is -1.94. The Kier molecular flexibility index (Phi) is 4.89. The van der Waals surface area contributed by atoms with E-state index in [-0.39, 0.29) is 12.5 Å². The van der Waals surface area contributed by atoms with E-state index in [0.717, 1.165) is 33.6 Å². The second-order valence-electron chi connectivity index (χ2n) is 4.18. The molecule has 1 rings (SSSR count). The van der Waals surface area contributed by atoms with Gasteiger partial charge in [0.2, 0.25) is 0 Å². The molecule has 0 aromatic heterocycles. The van der Waals surface area contributed by atoms with Crippen LogP contribution in [0.4, 0.5) is 0 Å². The highest BCUT2D eigenvalue weighted by Crippen LogP contribution is 2.21. The van der Waals surface area contributed by atoms with Gasteiger partial charge >= 0.3 is 11.9 Å². The number of rotatable bonds is 5. The molecule has 1 aliphatic rings. The van der Waals surface area contributed by atoms with Crippen LogP contribution in [0.15, 0.2) is 0 Å². The van der Waals surface area contributed by atoms with Gasteiger partial charge in [-0.1, -0.05) is 0 Å². The van der Waals surface area contributed by atoms with Crippen LogP contribution in [0.3, 0.4) is 0 Å². The van der Waals surface area contributed by atoms with Crippen LogP contribution in [0.1, 0.15) is 25.7 Å². The Morgan fingerprint density at radius 3 is 2.35 bits per heavy atom. The van der Waals surface area contributed by atoms with Crippen LogP contribution < -0.4 is 5.32 Å². The summed E-state index contributed by atoms with van der Waals surface area (Å²) >= 11 is 0. The molecule has 0 amide bonds. The first-order valence-corrected chi connectivity index (χ1v) is 5.67. The highest BCUT2D eigenvalue weighted by Gasteiger charge is 2.46. The first kappa shape index (κ1) is 13.9. The number of esters is 2. The van der Waals surface area contributed by atoms with E-state index in [9.17, 15) is 14.7 Å². The summed E-state index contributed by atoms with van der Waals surface area (Å²) in [7, 11) is 2.26. The minimum absolute atomic E-state index is 0.00398. The van der Waals surface area contributed by atoms with Crippen LogP contribution in [0.5, 0.6) is 0 Å². The van der Waals surface area contributed by atoms with Gasteiger partial charge in [-0.3, -0.25) is 0 Å². The summed E-state index contributed by atoms with van der Waals surface area (Å²) < 4.78 is 8.89. The molecule has 1 saturated heterocycles. The van der Waals surface area contributed by atoms with E-state index in [1.165, 1.54) is 0 Å². The van der Waals surface area contributed by atoms with Crippen LogP contribution in [-0.2, 0) is 19.1 Å². The van der Waals surface area contributed by atoms with Crippen molar-refractivity contribution in [3.05, 3.63) is 0 Å². The molecule has 98 valence electrons. The van der Waals surface area contributed by atoms with Gasteiger partial charge in [0.05, 0.1) is 14.2 Å². The fraction of sp³-hybridized carbons (Fsp3) is 0.818. The van der Waals surface area contributed by atoms with E-state index in [1.54, 1.807) is 0 Å². The number of ether oxygens (including phenoxy) is 2. The number of carbonyl (C=O) groups is 2. The number of carbonyl (C=O) groups excluding carboxylic acids is 2. The van der Waals surface area contributed by atoms with Crippen molar-refractivity contribution in [2.45, 2.75) is 37.3 Å². The Bertz CT molecular complexity index is 270. The Hall–Kier alpha value is -1.14. The van der Waals surface area contributed by atoms with Crippen molar-refractivity contribution >= 4 is 11.9 Å². The molecule has 6 heteroatoms. The molecule has 17 heavy (non-hydrogen) atoms. The monoisotopic (exact) mass is 245 g/mol. The Labute approximate surface area is 100 Å². The number of hydrogen-bond acceptors (Lipinski definition) is 6. The minimum Gasteiger partial charge on any atom is -0.466 e. The predicted molar refractivity (Wildman–Crippen MR) is 59.2 cm³/mol. The van der Waals surface area contributed by atoms with Crippen molar-refractivity contribution in [2.75, 3.05) is 20.8 Å². The van der Waals surface area contributed by atoms with E-state index in [2.05, 4.69) is 14.8 Å². The van der Waals surface area contributed by atoms with Gasteiger partial charge in [0.25, 0.3) is 5.60 Å². The number of hydrogen-bond donors (Lipinski definition) is 2. The zero-order valence-electron chi connectivity index (χ0n) is 10.2. The SMILES string of the molecule is COC(=O)C(O)(CCC1CCCN1)C(=O)OC. The van der Waals surface area contributed by atoms with E-state index in [0.29, 0.717) is 6.42 Å². The van der Waals surface area contributed by atoms with Crippen molar-refractivity contribution in [1.82, 2.24) is 5.32 Å². The highest BCUT2D eigenvalue weighted by atomic mass is 16.6. The van der Waals surface area contributed by atoms with Gasteiger partial charge in [0, 0.05) is 6.04 Å². The molecule has 0 radical (unpaired) electrons. The van der Waals surface area contributed by atoms with Crippen molar-refractivity contribution in [3.63, 3.8) is 0 Å². The lowest BCUT2D eigenvalue weighted by atomic mass is 9.94. The topological polar surface area (TPSA) is 84.9 Å². The molecular formula is C11H19NO5. The van der Waals surface area contributed by atoms with Gasteiger partial charge in [0.1, 0.15) is 0 Å². The Morgan fingerprint density at radius 1 is 1.35 bits per heavy atom. The minimum atomic E-state index is -2.19. The molecule has 0 bridgehead atoms. The smallest absolute Gasteiger partial charge is 0.349 e. The van der Waals surface area contributed by atoms with Crippen LogP contribution in [0.25, 0.3) is 0 Å². The largest absolute Gasteiger partial charge is 0.466 e. The standard InChI is InChI=1S/C11H19NO5/c1-16-9(13)11(15,10(14)17-2)6-5-8-4-3-7-12-8/h8,12,15H,3-7H2,1-2H3. The summed E-state index contributed by atoms with van der Waals surface area (Å²) in [6, 6.07) is 0.232. The van der Waals surface area contributed by atoms with Gasteiger partial charge in [-0.05, 0) is 32.2 Å². The quantitative estimate of drug-likeness (QED) is 0.506. The van der Waals surface area contributed by atoms with Crippen molar-refractivity contribution < 1.29 is 24.2 Å². The van der Waals surface area contributed by atoms with E-state index >= 15 is 0 Å². The molecule has 6 nitrogen and oxygen atoms in total. The fourth-order valence-electron chi connectivity index (χ4n) is 2.01. The summed E-state index contributed by atoms with van der Waals surface area (Å²) in [6.07, 6.45) is 2.59.